The summed E-state index contributed by atoms with van der Waals surface area (Å²) in [5.41, 5.74) is 5.98. The normalized spacial score (nSPS) is 11.9. The van der Waals surface area contributed by atoms with E-state index >= 15 is 0 Å². The minimum absolute atomic E-state index is 0. The zero-order valence-corrected chi connectivity index (χ0v) is 28.8. The molecule has 0 aliphatic heterocycles. The lowest BCUT2D eigenvalue weighted by Gasteiger charge is -2.24. The van der Waals surface area contributed by atoms with Crippen molar-refractivity contribution in [1.29, 1.82) is 0 Å². The van der Waals surface area contributed by atoms with E-state index in [1.165, 1.54) is 0 Å². The largest absolute Gasteiger partial charge is 1.00 e. The standard InChI is InChI=1S/C23H22O2.C23H20O.H2O/c1-3-9-18-10-7-8-13-22(18)25-21-16-14-20(15-17-21)23(2,24)19-11-5-4-6-12-19;1-3-9-21-12-7-8-13-23(21)24-22-16-14-20(15-17-22)18(2)19-10-5-4-6-11-19;/h3-17,24H,1-2H3;3-17H,2H2,1H3;1H2/p+1. The Kier molecular flexibility index (Phi) is 13.3. The van der Waals surface area contributed by atoms with Crippen LogP contribution in [0.25, 0.3) is 17.7 Å². The Morgan fingerprint density at radius 1 is 0.540 bits per heavy atom. The van der Waals surface area contributed by atoms with Crippen LogP contribution >= 0.6 is 0 Å². The van der Waals surface area contributed by atoms with Crippen molar-refractivity contribution in [3.8, 4) is 23.0 Å². The van der Waals surface area contributed by atoms with Crippen LogP contribution < -0.4 is 9.47 Å². The molecule has 0 aliphatic rings. The minimum Gasteiger partial charge on any atom is -0.457 e. The molecular weight excluding hydrogens is 617 g/mol. The maximum absolute atomic E-state index is 10.9. The van der Waals surface area contributed by atoms with Gasteiger partial charge in [-0.1, -0.05) is 152 Å². The third-order valence-corrected chi connectivity index (χ3v) is 8.06. The fourth-order valence-electron chi connectivity index (χ4n) is 5.34. The van der Waals surface area contributed by atoms with E-state index in [1.807, 2.05) is 184 Å². The van der Waals surface area contributed by atoms with Gasteiger partial charge >= 0.3 is 1.43 Å². The molecular formula is C46H45O4+. The van der Waals surface area contributed by atoms with Crippen molar-refractivity contribution in [3.63, 3.8) is 0 Å². The van der Waals surface area contributed by atoms with Crippen molar-refractivity contribution in [2.24, 2.45) is 0 Å². The SMILES string of the molecule is C=C(c1ccccc1)c1ccc(Oc2ccccc2C=CC)cc1.CC=Cc1ccccc1Oc1ccc(C(C)(O)c2ccccc2)cc1.O.[H+]. The Morgan fingerprint density at radius 3 is 1.40 bits per heavy atom. The van der Waals surface area contributed by atoms with Crippen molar-refractivity contribution >= 4 is 17.7 Å². The Bertz CT molecular complexity index is 2000. The van der Waals surface area contributed by atoms with E-state index in [9.17, 15) is 5.11 Å². The van der Waals surface area contributed by atoms with Gasteiger partial charge in [-0.15, -0.1) is 0 Å². The Hall–Kier alpha value is -5.94. The average molecular weight is 662 g/mol. The highest BCUT2D eigenvalue weighted by atomic mass is 16.5. The highest BCUT2D eigenvalue weighted by Crippen LogP contribution is 2.32. The molecule has 0 saturated carbocycles. The molecule has 0 fully saturated rings. The molecule has 0 aliphatic carbocycles. The quantitative estimate of drug-likeness (QED) is 0.159. The van der Waals surface area contributed by atoms with Gasteiger partial charge in [-0.25, -0.2) is 0 Å². The fourth-order valence-corrected chi connectivity index (χ4v) is 5.34. The number of benzene rings is 6. The second-order valence-electron chi connectivity index (χ2n) is 11.6. The Labute approximate surface area is 297 Å². The summed E-state index contributed by atoms with van der Waals surface area (Å²) in [5.74, 6) is 3.22. The first-order valence-electron chi connectivity index (χ1n) is 16.4. The molecule has 6 aromatic carbocycles. The summed E-state index contributed by atoms with van der Waals surface area (Å²) in [4.78, 5) is 0. The molecule has 0 saturated heterocycles. The molecule has 3 N–H and O–H groups in total. The van der Waals surface area contributed by atoms with Crippen molar-refractivity contribution in [2.45, 2.75) is 26.4 Å². The minimum atomic E-state index is -1.04. The van der Waals surface area contributed by atoms with Gasteiger partial charge in [0.05, 0.1) is 0 Å². The number of rotatable bonds is 10. The van der Waals surface area contributed by atoms with Gasteiger partial charge in [0.25, 0.3) is 0 Å². The maximum Gasteiger partial charge on any atom is 1.00 e. The molecule has 4 heteroatoms. The first kappa shape index (κ1) is 36.9. The zero-order chi connectivity index (χ0) is 34.5. The number of hydrogen-bond acceptors (Lipinski definition) is 3. The van der Waals surface area contributed by atoms with E-state index in [2.05, 4.69) is 18.7 Å². The molecule has 1 unspecified atom stereocenters. The van der Waals surface area contributed by atoms with Gasteiger partial charge in [0, 0.05) is 11.1 Å². The van der Waals surface area contributed by atoms with Crippen LogP contribution in [0.1, 0.15) is 55.6 Å². The summed E-state index contributed by atoms with van der Waals surface area (Å²) in [6, 6.07) is 51.4. The smallest absolute Gasteiger partial charge is 0.457 e. The predicted octanol–water partition coefficient (Wildman–Crippen LogP) is 11.6. The third kappa shape index (κ3) is 9.57. The number of aliphatic hydroxyl groups is 1. The number of ether oxygens (including phenoxy) is 2. The first-order chi connectivity index (χ1) is 23.9. The Balaban J connectivity index is 0.000000265. The third-order valence-electron chi connectivity index (χ3n) is 8.06. The van der Waals surface area contributed by atoms with Gasteiger partial charge in [-0.2, -0.15) is 0 Å². The van der Waals surface area contributed by atoms with Gasteiger partial charge in [0.15, 0.2) is 0 Å². The van der Waals surface area contributed by atoms with E-state index in [4.69, 9.17) is 9.47 Å². The first-order valence-corrected chi connectivity index (χ1v) is 16.4. The van der Waals surface area contributed by atoms with E-state index in [0.717, 1.165) is 62.0 Å². The summed E-state index contributed by atoms with van der Waals surface area (Å²) in [5, 5.41) is 10.9. The van der Waals surface area contributed by atoms with Crippen LogP contribution in [-0.4, -0.2) is 10.6 Å². The van der Waals surface area contributed by atoms with Crippen LogP contribution in [0.4, 0.5) is 0 Å². The molecule has 0 spiro atoms. The summed E-state index contributed by atoms with van der Waals surface area (Å²) in [6.07, 6.45) is 8.06. The lowest BCUT2D eigenvalue weighted by Crippen LogP contribution is -2.22. The molecule has 0 aromatic heterocycles. The van der Waals surface area contributed by atoms with Gasteiger partial charge in [-0.3, -0.25) is 0 Å². The molecule has 4 nitrogen and oxygen atoms in total. The van der Waals surface area contributed by atoms with Crippen molar-refractivity contribution in [3.05, 3.63) is 210 Å². The molecule has 0 bridgehead atoms. The second-order valence-corrected chi connectivity index (χ2v) is 11.6. The van der Waals surface area contributed by atoms with E-state index in [1.54, 1.807) is 6.92 Å². The van der Waals surface area contributed by atoms with E-state index in [-0.39, 0.29) is 6.90 Å². The molecule has 50 heavy (non-hydrogen) atoms. The predicted molar refractivity (Wildman–Crippen MR) is 210 cm³/mol. The van der Waals surface area contributed by atoms with Gasteiger partial charge in [0.2, 0.25) is 0 Å². The Morgan fingerprint density at radius 2 is 0.920 bits per heavy atom. The van der Waals surface area contributed by atoms with Crippen molar-refractivity contribution in [1.82, 2.24) is 0 Å². The van der Waals surface area contributed by atoms with Crippen LogP contribution in [0.5, 0.6) is 23.0 Å². The average Bonchev–Trinajstić information content (AvgIpc) is 3.15. The van der Waals surface area contributed by atoms with Gasteiger partial charge in [-0.05, 0) is 85.0 Å². The van der Waals surface area contributed by atoms with Crippen LogP contribution in [0.2, 0.25) is 0 Å². The fraction of sp³-hybridized carbons (Fsp3) is 0.0870. The molecule has 0 radical (unpaired) electrons. The van der Waals surface area contributed by atoms with E-state index in [0.29, 0.717) is 0 Å². The van der Waals surface area contributed by atoms with Crippen molar-refractivity contribution < 1.29 is 21.5 Å². The lowest BCUT2D eigenvalue weighted by atomic mass is 9.88. The van der Waals surface area contributed by atoms with Gasteiger partial charge in [0.1, 0.15) is 28.6 Å². The van der Waals surface area contributed by atoms with Crippen LogP contribution in [0, 0.1) is 0 Å². The van der Waals surface area contributed by atoms with Crippen LogP contribution in [-0.2, 0) is 5.60 Å². The number of para-hydroxylation sites is 2. The molecule has 0 amide bonds. The summed E-state index contributed by atoms with van der Waals surface area (Å²) < 4.78 is 12.0. The monoisotopic (exact) mass is 661 g/mol. The number of allylic oxidation sites excluding steroid dienone is 2. The lowest BCUT2D eigenvalue weighted by molar-refractivity contribution is 0.102. The zero-order valence-electron chi connectivity index (χ0n) is 29.8. The molecule has 6 aromatic rings. The van der Waals surface area contributed by atoms with E-state index < -0.39 is 5.60 Å². The summed E-state index contributed by atoms with van der Waals surface area (Å²) in [7, 11) is 0. The highest BCUT2D eigenvalue weighted by molar-refractivity contribution is 5.78. The maximum atomic E-state index is 10.9. The second kappa shape index (κ2) is 18.0. The van der Waals surface area contributed by atoms with Crippen molar-refractivity contribution in [2.75, 3.05) is 0 Å². The summed E-state index contributed by atoms with van der Waals surface area (Å²) in [6.45, 7) is 9.99. The number of hydrogen-bond donors (Lipinski definition) is 1. The summed E-state index contributed by atoms with van der Waals surface area (Å²) >= 11 is 0. The molecule has 1 atom stereocenters. The topological polar surface area (TPSA) is 70.2 Å². The molecule has 0 heterocycles. The molecule has 6 rings (SSSR count). The highest BCUT2D eigenvalue weighted by Gasteiger charge is 2.25. The molecule has 252 valence electrons. The van der Waals surface area contributed by atoms with Gasteiger partial charge < -0.3 is 20.1 Å². The van der Waals surface area contributed by atoms with Crippen LogP contribution in [0.15, 0.2) is 176 Å². The van der Waals surface area contributed by atoms with Crippen LogP contribution in [0.3, 0.4) is 0 Å².